The van der Waals surface area contributed by atoms with E-state index in [4.69, 9.17) is 0 Å². The predicted molar refractivity (Wildman–Crippen MR) is 78.6 cm³/mol. The van der Waals surface area contributed by atoms with Gasteiger partial charge in [-0.3, -0.25) is 14.4 Å². The van der Waals surface area contributed by atoms with E-state index in [0.29, 0.717) is 25.3 Å². The van der Waals surface area contributed by atoms with E-state index < -0.39 is 17.8 Å². The smallest absolute Gasteiger partial charge is 0.307 e. The molecule has 1 aliphatic rings. The molecular weight excluding hydrogens is 272 g/mol. The third-order valence-corrected chi connectivity index (χ3v) is 4.12. The molecule has 0 aromatic heterocycles. The van der Waals surface area contributed by atoms with Gasteiger partial charge in [-0.2, -0.15) is 0 Å². The van der Waals surface area contributed by atoms with Crippen LogP contribution in [-0.2, 0) is 14.4 Å². The van der Waals surface area contributed by atoms with Crippen molar-refractivity contribution >= 4 is 17.8 Å². The first-order valence-electron chi connectivity index (χ1n) is 7.76. The maximum Gasteiger partial charge on any atom is 0.307 e. The van der Waals surface area contributed by atoms with E-state index in [-0.39, 0.29) is 24.8 Å². The molecule has 3 atom stereocenters. The van der Waals surface area contributed by atoms with Crippen molar-refractivity contribution in [3.05, 3.63) is 0 Å². The molecule has 0 bridgehead atoms. The summed E-state index contributed by atoms with van der Waals surface area (Å²) in [7, 11) is 0. The minimum atomic E-state index is -0.896. The maximum absolute atomic E-state index is 12.1. The van der Waals surface area contributed by atoms with E-state index >= 15 is 0 Å². The third-order valence-electron chi connectivity index (χ3n) is 4.12. The molecule has 1 saturated carbocycles. The number of nitrogens with one attached hydrogen (secondary N) is 2. The quantitative estimate of drug-likeness (QED) is 0.626. The summed E-state index contributed by atoms with van der Waals surface area (Å²) < 4.78 is 0. The molecule has 0 aromatic carbocycles. The largest absolute Gasteiger partial charge is 0.481 e. The molecule has 120 valence electrons. The molecule has 1 fully saturated rings. The Kier molecular flexibility index (Phi) is 7.19. The van der Waals surface area contributed by atoms with Gasteiger partial charge in [-0.1, -0.05) is 20.3 Å². The predicted octanol–water partition coefficient (Wildman–Crippen LogP) is 1.16. The number of hydrogen-bond acceptors (Lipinski definition) is 3. The van der Waals surface area contributed by atoms with Crippen molar-refractivity contribution < 1.29 is 19.5 Å². The third kappa shape index (κ3) is 5.36. The summed E-state index contributed by atoms with van der Waals surface area (Å²) in [6.45, 7) is 4.88. The average Bonchev–Trinajstić information content (AvgIpc) is 2.89. The Morgan fingerprint density at radius 3 is 2.29 bits per heavy atom. The van der Waals surface area contributed by atoms with Gasteiger partial charge in [-0.15, -0.1) is 0 Å². The highest BCUT2D eigenvalue weighted by Gasteiger charge is 2.41. The lowest BCUT2D eigenvalue weighted by Gasteiger charge is -2.15. The second kappa shape index (κ2) is 8.64. The van der Waals surface area contributed by atoms with Crippen molar-refractivity contribution in [3.8, 4) is 0 Å². The number of rotatable bonds is 8. The van der Waals surface area contributed by atoms with Crippen LogP contribution in [0, 0.1) is 17.8 Å². The van der Waals surface area contributed by atoms with Crippen molar-refractivity contribution in [2.24, 2.45) is 17.8 Å². The lowest BCUT2D eigenvalue weighted by atomic mass is 9.95. The number of carboxylic acid groups (broad SMARTS) is 1. The molecular formula is C15H26N2O4. The van der Waals surface area contributed by atoms with E-state index in [1.807, 2.05) is 13.8 Å². The Morgan fingerprint density at radius 2 is 1.71 bits per heavy atom. The maximum atomic E-state index is 12.1. The van der Waals surface area contributed by atoms with E-state index in [0.717, 1.165) is 12.8 Å². The van der Waals surface area contributed by atoms with Gasteiger partial charge in [0, 0.05) is 19.5 Å². The Balaban J connectivity index is 2.40. The van der Waals surface area contributed by atoms with Crippen LogP contribution in [-0.4, -0.2) is 36.0 Å². The van der Waals surface area contributed by atoms with Gasteiger partial charge in [0.15, 0.2) is 0 Å². The number of carbonyl (C=O) groups is 3. The Labute approximate surface area is 125 Å². The summed E-state index contributed by atoms with van der Waals surface area (Å²) in [5.74, 6) is -1.98. The second-order valence-corrected chi connectivity index (χ2v) is 5.69. The molecule has 1 rings (SSSR count). The Morgan fingerprint density at radius 1 is 1.05 bits per heavy atom. The fraction of sp³-hybridized carbons (Fsp3) is 0.800. The highest BCUT2D eigenvalue weighted by Crippen LogP contribution is 2.38. The van der Waals surface area contributed by atoms with E-state index in [1.165, 1.54) is 0 Å². The van der Waals surface area contributed by atoms with Crippen LogP contribution in [0.5, 0.6) is 0 Å². The lowest BCUT2D eigenvalue weighted by molar-refractivity contribution is -0.146. The van der Waals surface area contributed by atoms with Gasteiger partial charge < -0.3 is 15.7 Å². The Bertz CT molecular complexity index is 384. The van der Waals surface area contributed by atoms with Crippen LogP contribution >= 0.6 is 0 Å². The first-order chi connectivity index (χ1) is 9.99. The van der Waals surface area contributed by atoms with Crippen LogP contribution in [0.4, 0.5) is 0 Å². The van der Waals surface area contributed by atoms with Crippen LogP contribution in [0.15, 0.2) is 0 Å². The number of hydrogen-bond donors (Lipinski definition) is 3. The average molecular weight is 298 g/mol. The molecule has 0 aromatic rings. The fourth-order valence-electron chi connectivity index (χ4n) is 2.82. The molecule has 0 saturated heterocycles. The topological polar surface area (TPSA) is 95.5 Å². The molecule has 6 nitrogen and oxygen atoms in total. The van der Waals surface area contributed by atoms with Crippen LogP contribution < -0.4 is 10.6 Å². The normalized spacial score (nSPS) is 24.6. The molecule has 21 heavy (non-hydrogen) atoms. The zero-order valence-electron chi connectivity index (χ0n) is 12.9. The molecule has 2 amide bonds. The second-order valence-electron chi connectivity index (χ2n) is 5.69. The minimum Gasteiger partial charge on any atom is -0.481 e. The molecule has 1 aliphatic carbocycles. The summed E-state index contributed by atoms with van der Waals surface area (Å²) in [4.78, 5) is 34.8. The van der Waals surface area contributed by atoms with Gasteiger partial charge in [0.25, 0.3) is 0 Å². The first kappa shape index (κ1) is 17.5. The van der Waals surface area contributed by atoms with Gasteiger partial charge in [0.1, 0.15) is 0 Å². The SMILES string of the molecule is CCCNC(=O)CCNC(=O)C1CC(CC)CC1C(=O)O. The summed E-state index contributed by atoms with van der Waals surface area (Å²) in [5, 5.41) is 14.6. The first-order valence-corrected chi connectivity index (χ1v) is 7.76. The summed E-state index contributed by atoms with van der Waals surface area (Å²) in [6, 6.07) is 0. The van der Waals surface area contributed by atoms with E-state index in [1.54, 1.807) is 0 Å². The molecule has 3 N–H and O–H groups in total. The lowest BCUT2D eigenvalue weighted by Crippen LogP contribution is -2.37. The minimum absolute atomic E-state index is 0.0928. The van der Waals surface area contributed by atoms with Crippen LogP contribution in [0.3, 0.4) is 0 Å². The zero-order valence-corrected chi connectivity index (χ0v) is 12.9. The van der Waals surface area contributed by atoms with Gasteiger partial charge in [0.2, 0.25) is 11.8 Å². The number of amides is 2. The highest BCUT2D eigenvalue weighted by molar-refractivity contribution is 5.85. The highest BCUT2D eigenvalue weighted by atomic mass is 16.4. The molecule has 0 aliphatic heterocycles. The van der Waals surface area contributed by atoms with Crippen molar-refractivity contribution in [2.75, 3.05) is 13.1 Å². The fourth-order valence-corrected chi connectivity index (χ4v) is 2.82. The van der Waals surface area contributed by atoms with Crippen molar-refractivity contribution in [3.63, 3.8) is 0 Å². The summed E-state index contributed by atoms with van der Waals surface area (Å²) in [6.07, 6.45) is 3.20. The summed E-state index contributed by atoms with van der Waals surface area (Å²) >= 11 is 0. The van der Waals surface area contributed by atoms with Crippen LogP contribution in [0.1, 0.15) is 46.0 Å². The zero-order chi connectivity index (χ0) is 15.8. The standard InChI is InChI=1S/C15H26N2O4/c1-3-6-16-13(18)5-7-17-14(19)11-8-10(4-2)9-12(11)15(20)21/h10-12H,3-9H2,1-2H3,(H,16,18)(H,17,19)(H,20,21). The summed E-state index contributed by atoms with van der Waals surface area (Å²) in [5.41, 5.74) is 0. The molecule has 0 spiro atoms. The monoisotopic (exact) mass is 298 g/mol. The van der Waals surface area contributed by atoms with Gasteiger partial charge >= 0.3 is 5.97 Å². The number of aliphatic carboxylic acids is 1. The molecule has 0 heterocycles. The van der Waals surface area contributed by atoms with E-state index in [2.05, 4.69) is 10.6 Å². The van der Waals surface area contributed by atoms with Gasteiger partial charge in [-0.05, 0) is 25.2 Å². The Hall–Kier alpha value is -1.59. The van der Waals surface area contributed by atoms with Crippen LogP contribution in [0.2, 0.25) is 0 Å². The number of carbonyl (C=O) groups excluding carboxylic acids is 2. The van der Waals surface area contributed by atoms with E-state index in [9.17, 15) is 19.5 Å². The van der Waals surface area contributed by atoms with Crippen LogP contribution in [0.25, 0.3) is 0 Å². The molecule has 0 radical (unpaired) electrons. The van der Waals surface area contributed by atoms with Gasteiger partial charge in [-0.25, -0.2) is 0 Å². The molecule has 3 unspecified atom stereocenters. The van der Waals surface area contributed by atoms with Gasteiger partial charge in [0.05, 0.1) is 11.8 Å². The van der Waals surface area contributed by atoms with Crippen molar-refractivity contribution in [1.29, 1.82) is 0 Å². The number of carboxylic acids is 1. The van der Waals surface area contributed by atoms with Crippen molar-refractivity contribution in [2.45, 2.75) is 46.0 Å². The molecule has 6 heteroatoms. The van der Waals surface area contributed by atoms with Crippen molar-refractivity contribution in [1.82, 2.24) is 10.6 Å².